The molecule has 8 heteroatoms. The summed E-state index contributed by atoms with van der Waals surface area (Å²) in [7, 11) is 0. The van der Waals surface area contributed by atoms with Crippen LogP contribution in [-0.2, 0) is 28.1 Å². The van der Waals surface area contributed by atoms with E-state index in [-0.39, 0.29) is 18.4 Å². The number of carboxylic acid groups (broad SMARTS) is 1. The molecule has 0 saturated heterocycles. The molecule has 1 aliphatic heterocycles. The Morgan fingerprint density at radius 2 is 1.93 bits per heavy atom. The van der Waals surface area contributed by atoms with E-state index in [0.29, 0.717) is 41.6 Å². The van der Waals surface area contributed by atoms with Gasteiger partial charge in [0, 0.05) is 28.6 Å². The van der Waals surface area contributed by atoms with Crippen LogP contribution in [0.4, 0.5) is 0 Å². The van der Waals surface area contributed by atoms with Gasteiger partial charge < -0.3 is 9.84 Å². The van der Waals surface area contributed by atoms with Crippen LogP contribution in [0.2, 0.25) is 5.02 Å². The molecule has 0 bridgehead atoms. The smallest absolute Gasteiger partial charge is 0.328 e. The summed E-state index contributed by atoms with van der Waals surface area (Å²) >= 11 is 7.81. The van der Waals surface area contributed by atoms with Gasteiger partial charge in [-0.15, -0.1) is 23.7 Å². The van der Waals surface area contributed by atoms with Crippen LogP contribution in [0.25, 0.3) is 0 Å². The normalized spacial score (nSPS) is 16.2. The second-order valence-electron chi connectivity index (χ2n) is 8.17. The van der Waals surface area contributed by atoms with Crippen LogP contribution in [0.5, 0.6) is 5.06 Å². The summed E-state index contributed by atoms with van der Waals surface area (Å²) in [5.41, 5.74) is -0.219. The van der Waals surface area contributed by atoms with Gasteiger partial charge in [0.1, 0.15) is 5.54 Å². The first-order valence-corrected chi connectivity index (χ1v) is 10.9. The van der Waals surface area contributed by atoms with Crippen LogP contribution in [0.3, 0.4) is 0 Å². The molecule has 0 saturated carbocycles. The van der Waals surface area contributed by atoms with Gasteiger partial charge >= 0.3 is 11.9 Å². The van der Waals surface area contributed by atoms with E-state index in [2.05, 4.69) is 0 Å². The lowest BCUT2D eigenvalue weighted by molar-refractivity contribution is -0.152. The second-order valence-corrected chi connectivity index (χ2v) is 9.68. The third kappa shape index (κ3) is 4.52. The monoisotopic (exact) mass is 471 g/mol. The minimum Gasteiger partial charge on any atom is -0.480 e. The van der Waals surface area contributed by atoms with Crippen LogP contribution >= 0.6 is 35.3 Å². The Balaban J connectivity index is 0.00000320. The first-order chi connectivity index (χ1) is 13.6. The number of ether oxygens (including phenoxy) is 1. The number of esters is 1. The Morgan fingerprint density at radius 1 is 1.27 bits per heavy atom. The van der Waals surface area contributed by atoms with Gasteiger partial charge in [-0.05, 0) is 51.3 Å². The SMILES string of the molecule is CCC(C)(C)C(=O)Oc1cc2c(s1)CCN(C(C)(C(=O)O)c1ccccc1Cl)C2.Cl. The van der Waals surface area contributed by atoms with Crippen molar-refractivity contribution < 1.29 is 19.4 Å². The van der Waals surface area contributed by atoms with Gasteiger partial charge in [-0.25, -0.2) is 4.79 Å². The summed E-state index contributed by atoms with van der Waals surface area (Å²) in [6.07, 6.45) is 1.39. The average molecular weight is 472 g/mol. The average Bonchev–Trinajstić information content (AvgIpc) is 3.08. The summed E-state index contributed by atoms with van der Waals surface area (Å²) in [5.74, 6) is -1.19. The second kappa shape index (κ2) is 9.27. The zero-order valence-electron chi connectivity index (χ0n) is 17.5. The van der Waals surface area contributed by atoms with Gasteiger partial charge in [0.15, 0.2) is 5.06 Å². The van der Waals surface area contributed by atoms with Crippen molar-refractivity contribution in [2.75, 3.05) is 6.54 Å². The van der Waals surface area contributed by atoms with E-state index in [9.17, 15) is 14.7 Å². The summed E-state index contributed by atoms with van der Waals surface area (Å²) in [5, 5.41) is 11.1. The molecule has 0 aliphatic carbocycles. The highest BCUT2D eigenvalue weighted by Crippen LogP contribution is 2.40. The van der Waals surface area contributed by atoms with Gasteiger partial charge in [-0.1, -0.05) is 36.7 Å². The molecule has 0 amide bonds. The molecule has 1 N–H and O–H groups in total. The third-order valence-electron chi connectivity index (χ3n) is 5.92. The van der Waals surface area contributed by atoms with Crippen LogP contribution in [0, 0.1) is 5.41 Å². The van der Waals surface area contributed by atoms with Crippen molar-refractivity contribution in [3.63, 3.8) is 0 Å². The minimum atomic E-state index is -1.25. The molecule has 1 unspecified atom stereocenters. The maximum absolute atomic E-state index is 12.4. The fourth-order valence-electron chi connectivity index (χ4n) is 3.39. The highest BCUT2D eigenvalue weighted by Gasteiger charge is 2.44. The molecule has 2 heterocycles. The molecule has 1 atom stereocenters. The highest BCUT2D eigenvalue weighted by molar-refractivity contribution is 7.14. The summed E-state index contributed by atoms with van der Waals surface area (Å²) < 4.78 is 5.62. The summed E-state index contributed by atoms with van der Waals surface area (Å²) in [4.78, 5) is 27.8. The number of fused-ring (bicyclic) bond motifs is 1. The molecular formula is C22H27Cl2NO4S. The third-order valence-corrected chi connectivity index (χ3v) is 7.37. The van der Waals surface area contributed by atoms with Gasteiger partial charge in [-0.3, -0.25) is 9.69 Å². The first kappa shape index (κ1) is 24.7. The Kier molecular flexibility index (Phi) is 7.62. The van der Waals surface area contributed by atoms with Crippen molar-refractivity contribution in [2.24, 2.45) is 5.41 Å². The van der Waals surface area contributed by atoms with Crippen molar-refractivity contribution in [3.8, 4) is 5.06 Å². The van der Waals surface area contributed by atoms with E-state index in [1.165, 1.54) is 11.3 Å². The first-order valence-electron chi connectivity index (χ1n) is 9.67. The van der Waals surface area contributed by atoms with E-state index in [1.807, 2.05) is 31.7 Å². The number of carboxylic acids is 1. The Bertz CT molecular complexity index is 943. The molecule has 1 aliphatic rings. The van der Waals surface area contributed by atoms with Gasteiger partial charge in [0.25, 0.3) is 0 Å². The van der Waals surface area contributed by atoms with Crippen molar-refractivity contribution in [1.29, 1.82) is 0 Å². The van der Waals surface area contributed by atoms with Gasteiger partial charge in [0.2, 0.25) is 0 Å². The largest absolute Gasteiger partial charge is 0.480 e. The lowest BCUT2D eigenvalue weighted by Gasteiger charge is -2.40. The zero-order valence-corrected chi connectivity index (χ0v) is 19.9. The Labute approximate surface area is 192 Å². The van der Waals surface area contributed by atoms with Gasteiger partial charge in [0.05, 0.1) is 5.41 Å². The number of carbonyl (C=O) groups excluding carboxylic acids is 1. The number of benzene rings is 1. The highest BCUT2D eigenvalue weighted by atomic mass is 35.5. The molecule has 30 heavy (non-hydrogen) atoms. The molecule has 0 fully saturated rings. The molecule has 2 aromatic rings. The van der Waals surface area contributed by atoms with Crippen LogP contribution in [0.1, 0.15) is 50.1 Å². The van der Waals surface area contributed by atoms with Crippen molar-refractivity contribution >= 4 is 47.3 Å². The predicted octanol–water partition coefficient (Wildman–Crippen LogP) is 5.52. The minimum absolute atomic E-state index is 0. The number of carbonyl (C=O) groups is 2. The number of hydrogen-bond acceptors (Lipinski definition) is 5. The van der Waals surface area contributed by atoms with E-state index < -0.39 is 16.9 Å². The fraction of sp³-hybridized carbons (Fsp3) is 0.455. The fourth-order valence-corrected chi connectivity index (χ4v) is 4.72. The molecule has 1 aromatic heterocycles. The molecular weight excluding hydrogens is 445 g/mol. The number of aliphatic carboxylic acids is 1. The van der Waals surface area contributed by atoms with Gasteiger partial charge in [-0.2, -0.15) is 0 Å². The summed E-state index contributed by atoms with van der Waals surface area (Å²) in [6.45, 7) is 8.42. The number of thiophene rings is 1. The maximum atomic E-state index is 12.4. The van der Waals surface area contributed by atoms with Crippen LogP contribution in [-0.4, -0.2) is 28.5 Å². The van der Waals surface area contributed by atoms with E-state index in [1.54, 1.807) is 31.2 Å². The Morgan fingerprint density at radius 3 is 2.53 bits per heavy atom. The molecule has 0 spiro atoms. The number of rotatable bonds is 6. The lowest BCUT2D eigenvalue weighted by atomic mass is 9.88. The summed E-state index contributed by atoms with van der Waals surface area (Å²) in [6, 6.07) is 8.94. The zero-order chi connectivity index (χ0) is 21.4. The van der Waals surface area contributed by atoms with Crippen molar-refractivity contribution in [2.45, 2.75) is 52.6 Å². The van der Waals surface area contributed by atoms with Crippen LogP contribution in [0.15, 0.2) is 30.3 Å². The molecule has 3 rings (SSSR count). The lowest BCUT2D eigenvalue weighted by Crippen LogP contribution is -2.51. The number of hydrogen-bond donors (Lipinski definition) is 1. The van der Waals surface area contributed by atoms with Crippen LogP contribution < -0.4 is 4.74 Å². The standard InChI is InChI=1S/C22H26ClNO4S.ClH/c1-5-21(2,3)20(27)28-18-12-14-13-24(11-10-17(14)29-18)22(4,19(25)26)15-8-6-7-9-16(15)23;/h6-9,12H,5,10-11,13H2,1-4H3,(H,25,26);1H. The van der Waals surface area contributed by atoms with Crippen molar-refractivity contribution in [3.05, 3.63) is 51.4 Å². The molecule has 1 aromatic carbocycles. The molecule has 5 nitrogen and oxygen atoms in total. The number of nitrogens with zero attached hydrogens (tertiary/aromatic N) is 1. The van der Waals surface area contributed by atoms with E-state index in [0.717, 1.165) is 10.4 Å². The van der Waals surface area contributed by atoms with E-state index in [4.69, 9.17) is 16.3 Å². The topological polar surface area (TPSA) is 66.8 Å². The number of halogens is 2. The van der Waals surface area contributed by atoms with E-state index >= 15 is 0 Å². The Hall–Kier alpha value is -1.60. The molecule has 164 valence electrons. The quantitative estimate of drug-likeness (QED) is 0.561. The predicted molar refractivity (Wildman–Crippen MR) is 122 cm³/mol. The molecule has 0 radical (unpaired) electrons. The van der Waals surface area contributed by atoms with Crippen molar-refractivity contribution in [1.82, 2.24) is 4.90 Å². The maximum Gasteiger partial charge on any atom is 0.328 e.